The summed E-state index contributed by atoms with van der Waals surface area (Å²) in [7, 11) is 3.64. The monoisotopic (exact) mass is 267 g/mol. The first-order valence-corrected chi connectivity index (χ1v) is 6.75. The SMILES string of the molecule is CNC(C)c1ccccc1OCCOCCCOC. The van der Waals surface area contributed by atoms with Crippen LogP contribution in [0.2, 0.25) is 0 Å². The zero-order valence-electron chi connectivity index (χ0n) is 12.1. The van der Waals surface area contributed by atoms with Crippen molar-refractivity contribution in [2.75, 3.05) is 40.6 Å². The Bertz CT molecular complexity index is 344. The highest BCUT2D eigenvalue weighted by molar-refractivity contribution is 5.35. The molecule has 0 spiro atoms. The second-order valence-electron chi connectivity index (χ2n) is 4.36. The summed E-state index contributed by atoms with van der Waals surface area (Å²) in [6.45, 7) is 4.74. The number of rotatable bonds is 10. The van der Waals surface area contributed by atoms with Crippen LogP contribution in [0.15, 0.2) is 24.3 Å². The van der Waals surface area contributed by atoms with Crippen molar-refractivity contribution in [3.05, 3.63) is 29.8 Å². The highest BCUT2D eigenvalue weighted by Crippen LogP contribution is 2.24. The minimum atomic E-state index is 0.277. The lowest BCUT2D eigenvalue weighted by Gasteiger charge is -2.16. The summed E-state index contributed by atoms with van der Waals surface area (Å²) in [5.74, 6) is 0.921. The van der Waals surface area contributed by atoms with Gasteiger partial charge in [-0.1, -0.05) is 18.2 Å². The van der Waals surface area contributed by atoms with E-state index in [1.54, 1.807) is 7.11 Å². The van der Waals surface area contributed by atoms with Gasteiger partial charge in [-0.15, -0.1) is 0 Å². The topological polar surface area (TPSA) is 39.7 Å². The Hall–Kier alpha value is -1.10. The molecule has 1 N–H and O–H groups in total. The highest BCUT2D eigenvalue weighted by atomic mass is 16.5. The molecule has 1 aromatic carbocycles. The molecule has 0 aliphatic carbocycles. The van der Waals surface area contributed by atoms with E-state index >= 15 is 0 Å². The van der Waals surface area contributed by atoms with Crippen LogP contribution in [-0.4, -0.2) is 40.6 Å². The van der Waals surface area contributed by atoms with Gasteiger partial charge in [0.15, 0.2) is 0 Å². The molecule has 0 saturated carbocycles. The Balaban J connectivity index is 2.29. The van der Waals surface area contributed by atoms with Crippen molar-refractivity contribution in [1.82, 2.24) is 5.32 Å². The predicted octanol–water partition coefficient (Wildman–Crippen LogP) is 2.40. The molecule has 0 amide bonds. The first-order chi connectivity index (χ1) is 9.29. The molecule has 0 radical (unpaired) electrons. The van der Waals surface area contributed by atoms with Crippen molar-refractivity contribution in [3.63, 3.8) is 0 Å². The van der Waals surface area contributed by atoms with Gasteiger partial charge in [0, 0.05) is 31.9 Å². The molecule has 4 nitrogen and oxygen atoms in total. The van der Waals surface area contributed by atoms with E-state index < -0.39 is 0 Å². The second-order valence-corrected chi connectivity index (χ2v) is 4.36. The van der Waals surface area contributed by atoms with Crippen LogP contribution < -0.4 is 10.1 Å². The first kappa shape index (κ1) is 16.0. The van der Waals surface area contributed by atoms with Gasteiger partial charge in [0.05, 0.1) is 6.61 Å². The normalized spacial score (nSPS) is 12.4. The molecule has 1 unspecified atom stereocenters. The molecule has 0 aliphatic heterocycles. The number of hydrogen-bond acceptors (Lipinski definition) is 4. The van der Waals surface area contributed by atoms with Crippen molar-refractivity contribution in [3.8, 4) is 5.75 Å². The molecule has 0 aromatic heterocycles. The van der Waals surface area contributed by atoms with Crippen LogP contribution in [0.4, 0.5) is 0 Å². The molecule has 1 atom stereocenters. The summed E-state index contributed by atoms with van der Waals surface area (Å²) >= 11 is 0. The van der Waals surface area contributed by atoms with Crippen LogP contribution in [0.5, 0.6) is 5.75 Å². The summed E-state index contributed by atoms with van der Waals surface area (Å²) in [5.41, 5.74) is 1.17. The zero-order valence-corrected chi connectivity index (χ0v) is 12.1. The van der Waals surface area contributed by atoms with Gasteiger partial charge in [0.25, 0.3) is 0 Å². The minimum Gasteiger partial charge on any atom is -0.491 e. The van der Waals surface area contributed by atoms with E-state index in [1.165, 1.54) is 5.56 Å². The fourth-order valence-corrected chi connectivity index (χ4v) is 1.74. The van der Waals surface area contributed by atoms with Gasteiger partial charge in [0.1, 0.15) is 12.4 Å². The number of para-hydroxylation sites is 1. The fourth-order valence-electron chi connectivity index (χ4n) is 1.74. The molecule has 0 bridgehead atoms. The Labute approximate surface area is 116 Å². The predicted molar refractivity (Wildman–Crippen MR) is 76.7 cm³/mol. The maximum absolute atomic E-state index is 5.77. The third kappa shape index (κ3) is 6.05. The van der Waals surface area contributed by atoms with Crippen LogP contribution in [0.1, 0.15) is 24.9 Å². The van der Waals surface area contributed by atoms with E-state index in [0.717, 1.165) is 18.8 Å². The number of benzene rings is 1. The van der Waals surface area contributed by atoms with Crippen molar-refractivity contribution >= 4 is 0 Å². The van der Waals surface area contributed by atoms with Crippen molar-refractivity contribution in [2.24, 2.45) is 0 Å². The average molecular weight is 267 g/mol. The number of hydrogen-bond donors (Lipinski definition) is 1. The molecule has 0 fully saturated rings. The van der Waals surface area contributed by atoms with Crippen LogP contribution in [0, 0.1) is 0 Å². The maximum atomic E-state index is 5.77. The third-order valence-corrected chi connectivity index (χ3v) is 2.94. The van der Waals surface area contributed by atoms with Crippen LogP contribution in [0.3, 0.4) is 0 Å². The number of nitrogens with one attached hydrogen (secondary N) is 1. The standard InChI is InChI=1S/C15H25NO3/c1-13(16-2)14-7-4-5-8-15(14)19-12-11-18-10-6-9-17-3/h4-5,7-8,13,16H,6,9-12H2,1-3H3. The summed E-state index contributed by atoms with van der Waals surface area (Å²) in [6.07, 6.45) is 0.921. The van der Waals surface area contributed by atoms with Gasteiger partial charge < -0.3 is 19.5 Å². The molecule has 0 saturated heterocycles. The van der Waals surface area contributed by atoms with E-state index in [2.05, 4.69) is 18.3 Å². The van der Waals surface area contributed by atoms with Crippen molar-refractivity contribution in [2.45, 2.75) is 19.4 Å². The van der Waals surface area contributed by atoms with E-state index in [1.807, 2.05) is 25.2 Å². The van der Waals surface area contributed by atoms with Gasteiger partial charge in [-0.25, -0.2) is 0 Å². The minimum absolute atomic E-state index is 0.277. The highest BCUT2D eigenvalue weighted by Gasteiger charge is 2.08. The fraction of sp³-hybridized carbons (Fsp3) is 0.600. The summed E-state index contributed by atoms with van der Waals surface area (Å²) < 4.78 is 16.2. The van der Waals surface area contributed by atoms with Gasteiger partial charge in [-0.3, -0.25) is 0 Å². The second kappa shape index (κ2) is 9.78. The number of methoxy groups -OCH3 is 1. The number of ether oxygens (including phenoxy) is 3. The lowest BCUT2D eigenvalue weighted by atomic mass is 10.1. The molecule has 4 heteroatoms. The van der Waals surface area contributed by atoms with E-state index in [-0.39, 0.29) is 6.04 Å². The molecule has 108 valence electrons. The summed E-state index contributed by atoms with van der Waals surface area (Å²) in [4.78, 5) is 0. The van der Waals surface area contributed by atoms with Crippen molar-refractivity contribution in [1.29, 1.82) is 0 Å². The molecule has 1 rings (SSSR count). The molecule has 0 heterocycles. The van der Waals surface area contributed by atoms with E-state index in [0.29, 0.717) is 19.8 Å². The van der Waals surface area contributed by atoms with Crippen LogP contribution >= 0.6 is 0 Å². The Morgan fingerprint density at radius 2 is 1.89 bits per heavy atom. The molecule has 0 aliphatic rings. The van der Waals surface area contributed by atoms with Gasteiger partial charge in [0.2, 0.25) is 0 Å². The van der Waals surface area contributed by atoms with Gasteiger partial charge in [-0.2, -0.15) is 0 Å². The van der Waals surface area contributed by atoms with Gasteiger partial charge in [-0.05, 0) is 26.5 Å². The Morgan fingerprint density at radius 3 is 2.63 bits per heavy atom. The largest absolute Gasteiger partial charge is 0.491 e. The lowest BCUT2D eigenvalue weighted by Crippen LogP contribution is -2.15. The quantitative estimate of drug-likeness (QED) is 0.661. The van der Waals surface area contributed by atoms with E-state index in [4.69, 9.17) is 14.2 Å². The first-order valence-electron chi connectivity index (χ1n) is 6.75. The molecular weight excluding hydrogens is 242 g/mol. The Morgan fingerprint density at radius 1 is 1.11 bits per heavy atom. The lowest BCUT2D eigenvalue weighted by molar-refractivity contribution is 0.0803. The summed E-state index contributed by atoms with van der Waals surface area (Å²) in [5, 5.41) is 3.22. The van der Waals surface area contributed by atoms with Gasteiger partial charge >= 0.3 is 0 Å². The molecular formula is C15H25NO3. The maximum Gasteiger partial charge on any atom is 0.124 e. The van der Waals surface area contributed by atoms with Crippen LogP contribution in [0.25, 0.3) is 0 Å². The zero-order chi connectivity index (χ0) is 13.9. The van der Waals surface area contributed by atoms with Crippen LogP contribution in [-0.2, 0) is 9.47 Å². The smallest absolute Gasteiger partial charge is 0.124 e. The molecule has 1 aromatic rings. The third-order valence-electron chi connectivity index (χ3n) is 2.94. The molecule has 19 heavy (non-hydrogen) atoms. The van der Waals surface area contributed by atoms with Crippen molar-refractivity contribution < 1.29 is 14.2 Å². The Kier molecular flexibility index (Phi) is 8.21. The average Bonchev–Trinajstić information content (AvgIpc) is 2.46. The summed E-state index contributed by atoms with van der Waals surface area (Å²) in [6, 6.07) is 8.36. The van der Waals surface area contributed by atoms with E-state index in [9.17, 15) is 0 Å².